The average molecular weight is 483 g/mol. The van der Waals surface area contributed by atoms with Gasteiger partial charge in [0, 0.05) is 30.1 Å². The number of carbonyl (C=O) groups is 3. The molecule has 4 aromatic rings. The summed E-state index contributed by atoms with van der Waals surface area (Å²) in [5, 5.41) is 10.00. The monoisotopic (exact) mass is 482 g/mol. The molecule has 2 amide bonds. The number of anilines is 2. The summed E-state index contributed by atoms with van der Waals surface area (Å²) in [4.78, 5) is 36.6. The molecule has 182 valence electrons. The molecule has 2 N–H and O–H groups in total. The molecule has 3 aromatic carbocycles. The van der Waals surface area contributed by atoms with Crippen LogP contribution in [-0.2, 0) is 14.3 Å². The molecule has 1 aromatic heterocycles. The van der Waals surface area contributed by atoms with Crippen LogP contribution in [0.1, 0.15) is 28.4 Å². The van der Waals surface area contributed by atoms with Gasteiger partial charge in [-0.25, -0.2) is 9.48 Å². The van der Waals surface area contributed by atoms with E-state index in [4.69, 9.17) is 4.74 Å². The van der Waals surface area contributed by atoms with E-state index in [9.17, 15) is 14.4 Å². The lowest BCUT2D eigenvalue weighted by atomic mass is 10.0. The second kappa shape index (κ2) is 10.7. The summed E-state index contributed by atoms with van der Waals surface area (Å²) in [5.74, 6) is -1.32. The van der Waals surface area contributed by atoms with Gasteiger partial charge in [0.05, 0.1) is 5.69 Å². The van der Waals surface area contributed by atoms with E-state index in [1.807, 2.05) is 62.4 Å². The van der Waals surface area contributed by atoms with E-state index in [2.05, 4.69) is 15.7 Å². The van der Waals surface area contributed by atoms with Crippen LogP contribution in [0.5, 0.6) is 0 Å². The highest BCUT2D eigenvalue weighted by Crippen LogP contribution is 2.28. The smallest absolute Gasteiger partial charge is 0.342 e. The molecule has 8 heteroatoms. The van der Waals surface area contributed by atoms with Gasteiger partial charge in [-0.3, -0.25) is 9.59 Å². The predicted molar refractivity (Wildman–Crippen MR) is 138 cm³/mol. The Kier molecular flexibility index (Phi) is 7.25. The van der Waals surface area contributed by atoms with E-state index in [1.54, 1.807) is 35.1 Å². The van der Waals surface area contributed by atoms with E-state index < -0.39 is 18.5 Å². The van der Waals surface area contributed by atoms with Gasteiger partial charge < -0.3 is 15.4 Å². The highest BCUT2D eigenvalue weighted by atomic mass is 16.5. The van der Waals surface area contributed by atoms with Crippen molar-refractivity contribution in [2.75, 3.05) is 17.2 Å². The molecule has 1 heterocycles. The van der Waals surface area contributed by atoms with Crippen LogP contribution in [0.2, 0.25) is 0 Å². The molecule has 0 aliphatic carbocycles. The molecule has 36 heavy (non-hydrogen) atoms. The molecule has 0 saturated heterocycles. The molecule has 8 nitrogen and oxygen atoms in total. The highest BCUT2D eigenvalue weighted by molar-refractivity contribution is 5.99. The van der Waals surface area contributed by atoms with Gasteiger partial charge in [-0.15, -0.1) is 0 Å². The zero-order valence-corrected chi connectivity index (χ0v) is 20.2. The molecular weight excluding hydrogens is 456 g/mol. The van der Waals surface area contributed by atoms with Crippen molar-refractivity contribution in [3.05, 3.63) is 95.7 Å². The van der Waals surface area contributed by atoms with Crippen molar-refractivity contribution >= 4 is 29.2 Å². The van der Waals surface area contributed by atoms with Crippen LogP contribution >= 0.6 is 0 Å². The molecule has 0 bridgehead atoms. The number of aromatic nitrogens is 2. The summed E-state index contributed by atoms with van der Waals surface area (Å²) >= 11 is 0. The number of benzene rings is 3. The number of carbonyl (C=O) groups excluding carboxylic acids is 3. The lowest BCUT2D eigenvalue weighted by Gasteiger charge is -2.09. The fourth-order valence-corrected chi connectivity index (χ4v) is 3.76. The number of nitrogens with zero attached hydrogens (tertiary/aromatic N) is 2. The summed E-state index contributed by atoms with van der Waals surface area (Å²) in [6, 6.07) is 22.0. The number of rotatable bonds is 7. The van der Waals surface area contributed by atoms with Crippen LogP contribution in [0.25, 0.3) is 16.9 Å². The predicted octanol–water partition coefficient (Wildman–Crippen LogP) is 4.91. The normalized spacial score (nSPS) is 10.5. The number of nitrogens with one attached hydrogen (secondary N) is 2. The largest absolute Gasteiger partial charge is 0.452 e. The van der Waals surface area contributed by atoms with Gasteiger partial charge in [0.15, 0.2) is 6.61 Å². The van der Waals surface area contributed by atoms with Crippen LogP contribution in [0.4, 0.5) is 11.4 Å². The molecule has 0 saturated carbocycles. The van der Waals surface area contributed by atoms with Gasteiger partial charge >= 0.3 is 5.97 Å². The number of ether oxygens (including phenoxy) is 1. The number of para-hydroxylation sites is 1. The Labute approximate surface area is 208 Å². The van der Waals surface area contributed by atoms with Gasteiger partial charge in [-0.2, -0.15) is 5.10 Å². The van der Waals surface area contributed by atoms with Gasteiger partial charge in [0.1, 0.15) is 11.3 Å². The number of esters is 1. The topological polar surface area (TPSA) is 102 Å². The van der Waals surface area contributed by atoms with Gasteiger partial charge in [0.25, 0.3) is 5.91 Å². The quantitative estimate of drug-likeness (QED) is 0.365. The molecular formula is C28H26N4O4. The summed E-state index contributed by atoms with van der Waals surface area (Å²) in [5.41, 5.74) is 5.55. The maximum absolute atomic E-state index is 13.1. The zero-order valence-electron chi connectivity index (χ0n) is 20.2. The van der Waals surface area contributed by atoms with E-state index in [0.717, 1.165) is 22.4 Å². The van der Waals surface area contributed by atoms with Crippen LogP contribution in [0, 0.1) is 13.8 Å². The molecule has 0 aliphatic rings. The Morgan fingerprint density at radius 3 is 2.19 bits per heavy atom. The molecule has 4 rings (SSSR count). The van der Waals surface area contributed by atoms with Crippen molar-refractivity contribution in [1.82, 2.24) is 9.78 Å². The van der Waals surface area contributed by atoms with E-state index in [0.29, 0.717) is 17.1 Å². The second-order valence-corrected chi connectivity index (χ2v) is 8.37. The molecule has 0 spiro atoms. The lowest BCUT2D eigenvalue weighted by Crippen LogP contribution is -2.21. The molecule has 0 fully saturated rings. The number of hydrogen-bond donors (Lipinski definition) is 2. The Morgan fingerprint density at radius 2 is 1.56 bits per heavy atom. The second-order valence-electron chi connectivity index (χ2n) is 8.37. The maximum Gasteiger partial charge on any atom is 0.342 e. The third-order valence-corrected chi connectivity index (χ3v) is 5.42. The lowest BCUT2D eigenvalue weighted by molar-refractivity contribution is -0.119. The van der Waals surface area contributed by atoms with E-state index >= 15 is 0 Å². The van der Waals surface area contributed by atoms with Crippen molar-refractivity contribution in [3.63, 3.8) is 0 Å². The van der Waals surface area contributed by atoms with Gasteiger partial charge in [-0.1, -0.05) is 42.0 Å². The number of aryl methyl sites for hydroxylation is 2. The number of hydrogen-bond acceptors (Lipinski definition) is 5. The molecule has 0 unspecified atom stereocenters. The van der Waals surface area contributed by atoms with Gasteiger partial charge in [0.2, 0.25) is 5.91 Å². The van der Waals surface area contributed by atoms with E-state index in [-0.39, 0.29) is 11.5 Å². The third kappa shape index (κ3) is 5.85. The van der Waals surface area contributed by atoms with Crippen LogP contribution in [0.3, 0.4) is 0 Å². The molecule has 0 atom stereocenters. The maximum atomic E-state index is 13.1. The Balaban J connectivity index is 1.51. The fraction of sp³-hybridized carbons (Fsp3) is 0.143. The third-order valence-electron chi connectivity index (χ3n) is 5.42. The van der Waals surface area contributed by atoms with Crippen molar-refractivity contribution < 1.29 is 19.1 Å². The van der Waals surface area contributed by atoms with Crippen LogP contribution < -0.4 is 10.6 Å². The van der Waals surface area contributed by atoms with Crippen LogP contribution in [0.15, 0.2) is 79.0 Å². The fourth-order valence-electron chi connectivity index (χ4n) is 3.76. The van der Waals surface area contributed by atoms with E-state index in [1.165, 1.54) is 6.92 Å². The Morgan fingerprint density at radius 1 is 0.889 bits per heavy atom. The standard InChI is InChI=1S/C28H26N4O4/c1-18-9-14-24(19(2)15-18)27-25(16-32(31-27)23-7-5-4-6-8-23)28(35)36-17-26(34)30-22-12-10-21(11-13-22)29-20(3)33/h4-16H,17H2,1-3H3,(H,29,33)(H,30,34). The van der Waals surface area contributed by atoms with Crippen molar-refractivity contribution in [1.29, 1.82) is 0 Å². The summed E-state index contributed by atoms with van der Waals surface area (Å²) in [7, 11) is 0. The summed E-state index contributed by atoms with van der Waals surface area (Å²) in [6.45, 7) is 4.92. The molecule has 0 aliphatic heterocycles. The summed E-state index contributed by atoms with van der Waals surface area (Å²) in [6.07, 6.45) is 1.62. The average Bonchev–Trinajstić information content (AvgIpc) is 3.29. The number of amides is 2. The Hall–Kier alpha value is -4.72. The van der Waals surface area contributed by atoms with Crippen molar-refractivity contribution in [2.45, 2.75) is 20.8 Å². The first-order chi connectivity index (χ1) is 17.3. The minimum Gasteiger partial charge on any atom is -0.452 e. The first-order valence-corrected chi connectivity index (χ1v) is 11.4. The molecule has 0 radical (unpaired) electrons. The minimum absolute atomic E-state index is 0.186. The highest BCUT2D eigenvalue weighted by Gasteiger charge is 2.22. The SMILES string of the molecule is CC(=O)Nc1ccc(NC(=O)COC(=O)c2cn(-c3ccccc3)nc2-c2ccc(C)cc2C)cc1. The first kappa shape index (κ1) is 24.4. The summed E-state index contributed by atoms with van der Waals surface area (Å²) < 4.78 is 6.98. The van der Waals surface area contributed by atoms with Crippen molar-refractivity contribution in [2.24, 2.45) is 0 Å². The van der Waals surface area contributed by atoms with Crippen LogP contribution in [-0.4, -0.2) is 34.2 Å². The zero-order chi connectivity index (χ0) is 25.7. The minimum atomic E-state index is -0.650. The first-order valence-electron chi connectivity index (χ1n) is 11.4. The van der Waals surface area contributed by atoms with Crippen molar-refractivity contribution in [3.8, 4) is 16.9 Å². The Bertz CT molecular complexity index is 1410. The van der Waals surface area contributed by atoms with Gasteiger partial charge in [-0.05, 0) is 55.8 Å².